The lowest BCUT2D eigenvalue weighted by Gasteiger charge is -2.21. The largest absolute Gasteiger partial charge is 0.459 e. The van der Waals surface area contributed by atoms with Crippen LogP contribution in [-0.4, -0.2) is 12.1 Å². The van der Waals surface area contributed by atoms with Crippen molar-refractivity contribution in [2.75, 3.05) is 0 Å². The fraction of sp³-hybridized carbons (Fsp3) is 0.667. The van der Waals surface area contributed by atoms with E-state index in [1.807, 2.05) is 13.0 Å². The van der Waals surface area contributed by atoms with Crippen molar-refractivity contribution in [3.8, 4) is 0 Å². The molecule has 0 saturated heterocycles. The molecule has 0 bridgehead atoms. The second-order valence-electron chi connectivity index (χ2n) is 7.19. The third-order valence-corrected chi connectivity index (χ3v) is 4.31. The van der Waals surface area contributed by atoms with E-state index in [-0.39, 0.29) is 12.1 Å². The molecule has 0 heterocycles. The molecule has 1 atom stereocenters. The van der Waals surface area contributed by atoms with Crippen LogP contribution < -0.4 is 0 Å². The number of esters is 1. The third-order valence-electron chi connectivity index (χ3n) is 4.31. The van der Waals surface area contributed by atoms with Crippen LogP contribution in [0.1, 0.15) is 79.1 Å². The van der Waals surface area contributed by atoms with Crippen LogP contribution in [0.4, 0.5) is 0 Å². The molecule has 0 aromatic rings. The summed E-state index contributed by atoms with van der Waals surface area (Å²) < 4.78 is 5.51. The predicted molar refractivity (Wildman–Crippen MR) is 98.3 cm³/mol. The van der Waals surface area contributed by atoms with Crippen molar-refractivity contribution in [3.05, 3.63) is 35.5 Å². The van der Waals surface area contributed by atoms with E-state index in [4.69, 9.17) is 4.74 Å². The Morgan fingerprint density at radius 1 is 1.17 bits per heavy atom. The highest BCUT2D eigenvalue weighted by molar-refractivity contribution is 5.83. The van der Waals surface area contributed by atoms with Crippen LogP contribution in [0.3, 0.4) is 0 Å². The first-order chi connectivity index (χ1) is 11.0. The number of carbonyl (C=O) groups is 1. The average molecular weight is 319 g/mol. The van der Waals surface area contributed by atoms with Crippen LogP contribution in [0.2, 0.25) is 0 Å². The van der Waals surface area contributed by atoms with E-state index in [0.29, 0.717) is 5.92 Å². The molecule has 1 unspecified atom stereocenters. The molecule has 130 valence electrons. The van der Waals surface area contributed by atoms with Crippen LogP contribution >= 0.6 is 0 Å². The Balaban J connectivity index is 2.28. The van der Waals surface area contributed by atoms with Gasteiger partial charge >= 0.3 is 5.97 Å². The van der Waals surface area contributed by atoms with Crippen molar-refractivity contribution in [2.24, 2.45) is 5.92 Å². The zero-order valence-electron chi connectivity index (χ0n) is 15.4. The highest BCUT2D eigenvalue weighted by Gasteiger charge is 2.16. The Morgan fingerprint density at radius 2 is 1.87 bits per heavy atom. The Hall–Kier alpha value is -1.31. The lowest BCUT2D eigenvalue weighted by molar-refractivity contribution is -0.144. The van der Waals surface area contributed by atoms with Crippen LogP contribution in [0.5, 0.6) is 0 Å². The molecule has 0 aliphatic heterocycles. The van der Waals surface area contributed by atoms with Gasteiger partial charge in [0.25, 0.3) is 0 Å². The molecule has 23 heavy (non-hydrogen) atoms. The Labute approximate surface area is 142 Å². The van der Waals surface area contributed by atoms with E-state index >= 15 is 0 Å². The summed E-state index contributed by atoms with van der Waals surface area (Å²) in [5, 5.41) is 0. The zero-order valence-corrected chi connectivity index (χ0v) is 15.4. The molecule has 2 nitrogen and oxygen atoms in total. The highest BCUT2D eigenvalue weighted by Crippen LogP contribution is 2.20. The normalized spacial score (nSPS) is 18.0. The molecule has 0 aromatic heterocycles. The summed E-state index contributed by atoms with van der Waals surface area (Å²) in [5.41, 5.74) is 2.37. The van der Waals surface area contributed by atoms with Gasteiger partial charge in [0.1, 0.15) is 6.10 Å². The number of allylic oxidation sites excluding steroid dienone is 5. The van der Waals surface area contributed by atoms with Gasteiger partial charge in [-0.05, 0) is 77.2 Å². The van der Waals surface area contributed by atoms with Gasteiger partial charge in [0.2, 0.25) is 0 Å². The van der Waals surface area contributed by atoms with Gasteiger partial charge in [-0.1, -0.05) is 37.1 Å². The van der Waals surface area contributed by atoms with Gasteiger partial charge in [-0.3, -0.25) is 0 Å². The van der Waals surface area contributed by atoms with Crippen molar-refractivity contribution in [3.63, 3.8) is 0 Å². The Morgan fingerprint density at radius 3 is 2.52 bits per heavy atom. The minimum atomic E-state index is -0.185. The molecule has 1 rings (SSSR count). The first kappa shape index (κ1) is 19.7. The summed E-state index contributed by atoms with van der Waals surface area (Å²) in [4.78, 5) is 11.9. The summed E-state index contributed by atoms with van der Waals surface area (Å²) in [7, 11) is 0. The second-order valence-corrected chi connectivity index (χ2v) is 7.19. The summed E-state index contributed by atoms with van der Waals surface area (Å²) in [6, 6.07) is 0. The van der Waals surface area contributed by atoms with Gasteiger partial charge in [-0.2, -0.15) is 0 Å². The van der Waals surface area contributed by atoms with Crippen LogP contribution in [-0.2, 0) is 9.53 Å². The molecule has 1 fully saturated rings. The fourth-order valence-electron chi connectivity index (χ4n) is 2.88. The molecule has 1 saturated carbocycles. The van der Waals surface area contributed by atoms with Gasteiger partial charge < -0.3 is 4.74 Å². The molecule has 0 aromatic carbocycles. The predicted octanol–water partition coefficient (Wildman–Crippen LogP) is 6.14. The van der Waals surface area contributed by atoms with Crippen molar-refractivity contribution >= 4 is 5.97 Å². The monoisotopic (exact) mass is 318 g/mol. The van der Waals surface area contributed by atoms with E-state index in [9.17, 15) is 4.79 Å². The van der Waals surface area contributed by atoms with E-state index in [2.05, 4.69) is 32.9 Å². The SMILES string of the molecule is CC(C)=CCCC(C)C/C=C/C(C)=C/C(=O)OC1CCCCC1. The van der Waals surface area contributed by atoms with Crippen LogP contribution in [0.25, 0.3) is 0 Å². The zero-order chi connectivity index (χ0) is 17.1. The Kier molecular flexibility index (Phi) is 9.66. The average Bonchev–Trinajstić information content (AvgIpc) is 2.47. The number of ether oxygens (including phenoxy) is 1. The summed E-state index contributed by atoms with van der Waals surface area (Å²) >= 11 is 0. The first-order valence-corrected chi connectivity index (χ1v) is 9.16. The van der Waals surface area contributed by atoms with Gasteiger partial charge in [-0.15, -0.1) is 0 Å². The number of hydrogen-bond donors (Lipinski definition) is 0. The molecule has 0 spiro atoms. The Bertz CT molecular complexity index is 433. The molecule has 1 aliphatic carbocycles. The van der Waals surface area contributed by atoms with Crippen molar-refractivity contribution in [1.29, 1.82) is 0 Å². The lowest BCUT2D eigenvalue weighted by atomic mass is 9.98. The number of carbonyl (C=O) groups excluding carboxylic acids is 1. The molecule has 0 N–H and O–H groups in total. The number of rotatable bonds is 8. The van der Waals surface area contributed by atoms with Crippen molar-refractivity contribution in [1.82, 2.24) is 0 Å². The first-order valence-electron chi connectivity index (χ1n) is 9.16. The molecule has 2 heteroatoms. The van der Waals surface area contributed by atoms with Crippen LogP contribution in [0.15, 0.2) is 35.5 Å². The fourth-order valence-corrected chi connectivity index (χ4v) is 2.88. The second kappa shape index (κ2) is 11.3. The molecule has 0 radical (unpaired) electrons. The van der Waals surface area contributed by atoms with Gasteiger partial charge in [0.05, 0.1) is 0 Å². The minimum Gasteiger partial charge on any atom is -0.459 e. The third kappa shape index (κ3) is 10.1. The van der Waals surface area contributed by atoms with E-state index in [1.54, 1.807) is 6.08 Å². The topological polar surface area (TPSA) is 26.3 Å². The summed E-state index contributed by atoms with van der Waals surface area (Å²) in [6.07, 6.45) is 17.4. The minimum absolute atomic E-state index is 0.138. The quantitative estimate of drug-likeness (QED) is 0.233. The van der Waals surface area contributed by atoms with Gasteiger partial charge in [-0.25, -0.2) is 4.79 Å². The summed E-state index contributed by atoms with van der Waals surface area (Å²) in [5.74, 6) is 0.486. The smallest absolute Gasteiger partial charge is 0.331 e. The maximum absolute atomic E-state index is 11.9. The maximum atomic E-state index is 11.9. The maximum Gasteiger partial charge on any atom is 0.331 e. The van der Waals surface area contributed by atoms with Crippen molar-refractivity contribution < 1.29 is 9.53 Å². The van der Waals surface area contributed by atoms with Gasteiger partial charge in [0.15, 0.2) is 0 Å². The van der Waals surface area contributed by atoms with Crippen LogP contribution in [0, 0.1) is 5.92 Å². The molecular formula is C21H34O2. The molecule has 1 aliphatic rings. The van der Waals surface area contributed by atoms with E-state index in [1.165, 1.54) is 31.3 Å². The molecule has 0 amide bonds. The standard InChI is InChI=1S/C21H34O2/c1-17(2)10-8-11-18(3)12-9-13-19(4)16-21(22)23-20-14-6-5-7-15-20/h9-10,13,16,18,20H,5-8,11-12,14-15H2,1-4H3/b13-9+,19-16+. The molecular weight excluding hydrogens is 284 g/mol. The number of hydrogen-bond acceptors (Lipinski definition) is 2. The summed E-state index contributed by atoms with van der Waals surface area (Å²) in [6.45, 7) is 8.53. The van der Waals surface area contributed by atoms with Gasteiger partial charge in [0, 0.05) is 6.08 Å². The van der Waals surface area contributed by atoms with E-state index in [0.717, 1.165) is 31.3 Å². The van der Waals surface area contributed by atoms with Crippen molar-refractivity contribution in [2.45, 2.75) is 85.2 Å². The lowest BCUT2D eigenvalue weighted by Crippen LogP contribution is -2.19. The highest BCUT2D eigenvalue weighted by atomic mass is 16.5. The van der Waals surface area contributed by atoms with E-state index < -0.39 is 0 Å².